The van der Waals surface area contributed by atoms with Gasteiger partial charge in [0.15, 0.2) is 5.96 Å². The molecule has 218 valence electrons. The first-order chi connectivity index (χ1) is 19.3. The molecule has 1 aliphatic heterocycles. The van der Waals surface area contributed by atoms with Gasteiger partial charge in [0.25, 0.3) is 5.91 Å². The number of anilines is 1. The number of carbonyl (C=O) groups excluding carboxylic acids is 2. The number of H-pyrrole nitrogens is 1. The molecule has 2 atom stereocenters. The van der Waals surface area contributed by atoms with Crippen LogP contribution in [0.2, 0.25) is 5.02 Å². The lowest BCUT2D eigenvalue weighted by molar-refractivity contribution is -0.138. The van der Waals surface area contributed by atoms with E-state index in [2.05, 4.69) is 36.5 Å². The predicted octanol–water partition coefficient (Wildman–Crippen LogP) is 3.15. The average Bonchev–Trinajstić information content (AvgIpc) is 3.28. The van der Waals surface area contributed by atoms with Gasteiger partial charge < -0.3 is 26.4 Å². The van der Waals surface area contributed by atoms with E-state index in [1.807, 2.05) is 0 Å². The number of fused-ring (bicyclic) bond motifs is 1. The normalized spacial score (nSPS) is 16.0. The molecule has 1 aliphatic rings. The Hall–Kier alpha value is -4.47. The van der Waals surface area contributed by atoms with E-state index in [9.17, 15) is 41.4 Å². The van der Waals surface area contributed by atoms with Crippen molar-refractivity contribution in [3.8, 4) is 0 Å². The van der Waals surface area contributed by atoms with Crippen LogP contribution in [0.15, 0.2) is 35.3 Å². The van der Waals surface area contributed by atoms with E-state index >= 15 is 0 Å². The van der Waals surface area contributed by atoms with Crippen molar-refractivity contribution in [3.05, 3.63) is 58.0 Å². The van der Waals surface area contributed by atoms with Gasteiger partial charge in [0.1, 0.15) is 6.17 Å². The molecule has 2 amide bonds. The molecule has 0 radical (unpaired) electrons. The summed E-state index contributed by atoms with van der Waals surface area (Å²) in [6.45, 7) is -0.853. The maximum atomic E-state index is 14.3. The Kier molecular flexibility index (Phi) is 8.60. The summed E-state index contributed by atoms with van der Waals surface area (Å²) < 4.78 is 67.3. The quantitative estimate of drug-likeness (QED) is 0.216. The number of carboxylic acid groups (broad SMARTS) is 1. The van der Waals surface area contributed by atoms with Crippen LogP contribution in [0.3, 0.4) is 0 Å². The largest absolute Gasteiger partial charge is 0.481 e. The van der Waals surface area contributed by atoms with Crippen molar-refractivity contribution < 1.29 is 41.4 Å². The van der Waals surface area contributed by atoms with Crippen molar-refractivity contribution in [2.45, 2.75) is 24.8 Å². The Balaban J connectivity index is 1.49. The third-order valence-corrected chi connectivity index (χ3v) is 6.06. The number of aliphatic carboxylic acids is 1. The van der Waals surface area contributed by atoms with Crippen LogP contribution >= 0.6 is 11.6 Å². The third kappa shape index (κ3) is 7.39. The highest BCUT2D eigenvalue weighted by Crippen LogP contribution is 2.34. The van der Waals surface area contributed by atoms with Crippen LogP contribution in [0.5, 0.6) is 0 Å². The Labute approximate surface area is 232 Å². The summed E-state index contributed by atoms with van der Waals surface area (Å²) in [5.41, 5.74) is -1.29. The van der Waals surface area contributed by atoms with Gasteiger partial charge in [-0.3, -0.25) is 19.5 Å². The zero-order valence-corrected chi connectivity index (χ0v) is 21.5. The van der Waals surface area contributed by atoms with Crippen molar-refractivity contribution in [3.63, 3.8) is 0 Å². The standard InChI is InChI=1S/C24H21ClF5N7O4/c25-13-2-10(1-12(5-13)24(28,29)30)15(6-19(39)40)34-18(38)9-31-22(41)11-3-16(20-17(4-11)36-37-21(20)27)35-23-32-7-14(26)8-33-23/h1-5,14-15H,6-9H2,(H,31,41)(H,34,38)(H,36,37)(H,39,40)(H2,32,33,35). The van der Waals surface area contributed by atoms with Gasteiger partial charge in [0, 0.05) is 10.6 Å². The number of benzene rings is 2. The van der Waals surface area contributed by atoms with Crippen LogP contribution in [-0.2, 0) is 15.8 Å². The molecule has 11 nitrogen and oxygen atoms in total. The summed E-state index contributed by atoms with van der Waals surface area (Å²) in [4.78, 5) is 40.7. The minimum Gasteiger partial charge on any atom is -0.481 e. The van der Waals surface area contributed by atoms with Gasteiger partial charge in [-0.15, -0.1) is 0 Å². The second-order valence-electron chi connectivity index (χ2n) is 8.92. The minimum atomic E-state index is -4.77. The predicted molar refractivity (Wildman–Crippen MR) is 137 cm³/mol. The monoisotopic (exact) mass is 601 g/mol. The lowest BCUT2D eigenvalue weighted by Gasteiger charge is -2.20. The summed E-state index contributed by atoms with van der Waals surface area (Å²) in [7, 11) is 0. The van der Waals surface area contributed by atoms with E-state index in [-0.39, 0.29) is 51.8 Å². The lowest BCUT2D eigenvalue weighted by Crippen LogP contribution is -2.41. The van der Waals surface area contributed by atoms with E-state index in [1.165, 1.54) is 12.1 Å². The van der Waals surface area contributed by atoms with E-state index in [0.717, 1.165) is 6.07 Å². The molecule has 0 saturated heterocycles. The molecule has 0 bridgehead atoms. The number of carboxylic acids is 1. The van der Waals surface area contributed by atoms with Crippen molar-refractivity contribution >= 4 is 51.9 Å². The zero-order valence-electron chi connectivity index (χ0n) is 20.7. The minimum absolute atomic E-state index is 0.0116. The highest BCUT2D eigenvalue weighted by atomic mass is 35.5. The van der Waals surface area contributed by atoms with Crippen molar-refractivity contribution in [2.24, 2.45) is 4.99 Å². The number of nitrogens with one attached hydrogen (secondary N) is 5. The number of carbonyl (C=O) groups is 3. The zero-order chi connectivity index (χ0) is 29.9. The van der Waals surface area contributed by atoms with E-state index in [0.29, 0.717) is 12.1 Å². The fourth-order valence-corrected chi connectivity index (χ4v) is 4.23. The first kappa shape index (κ1) is 29.5. The summed E-state index contributed by atoms with van der Waals surface area (Å²) in [6.07, 6.45) is -6.74. The van der Waals surface area contributed by atoms with Gasteiger partial charge in [-0.2, -0.15) is 22.7 Å². The van der Waals surface area contributed by atoms with Gasteiger partial charge in [-0.05, 0) is 35.9 Å². The fraction of sp³-hybridized carbons (Fsp3) is 0.292. The Morgan fingerprint density at radius 1 is 1.17 bits per heavy atom. The highest BCUT2D eigenvalue weighted by molar-refractivity contribution is 6.30. The molecule has 2 heterocycles. The van der Waals surface area contributed by atoms with Crippen molar-refractivity contribution in [1.29, 1.82) is 0 Å². The molecular formula is C24H21ClF5N7O4. The summed E-state index contributed by atoms with van der Waals surface area (Å²) in [6, 6.07) is 3.50. The number of aliphatic imine (C=N–C) groups is 1. The molecule has 3 aromatic rings. The van der Waals surface area contributed by atoms with Gasteiger partial charge in [-0.25, -0.2) is 9.38 Å². The van der Waals surface area contributed by atoms with Crippen LogP contribution in [0.4, 0.5) is 27.6 Å². The molecule has 0 saturated carbocycles. The molecule has 0 aliphatic carbocycles. The Bertz CT molecular complexity index is 1530. The number of halogens is 6. The molecule has 0 spiro atoms. The average molecular weight is 602 g/mol. The molecule has 41 heavy (non-hydrogen) atoms. The second-order valence-corrected chi connectivity index (χ2v) is 9.36. The SMILES string of the molecule is O=C(O)CC(NC(=O)CNC(=O)c1cc(NC2=NCC(F)CN2)c2c(F)[nH]nc2c1)c1cc(Cl)cc(C(F)(F)F)c1. The molecule has 4 rings (SSSR count). The van der Waals surface area contributed by atoms with Crippen molar-refractivity contribution in [2.75, 3.05) is 25.0 Å². The molecular weight excluding hydrogens is 581 g/mol. The molecule has 2 aromatic carbocycles. The van der Waals surface area contributed by atoms with Gasteiger partial charge in [0.05, 0.1) is 54.3 Å². The van der Waals surface area contributed by atoms with Crippen LogP contribution in [0, 0.1) is 5.95 Å². The first-order valence-electron chi connectivity index (χ1n) is 11.8. The summed E-state index contributed by atoms with van der Waals surface area (Å²) in [5, 5.41) is 24.9. The number of rotatable bonds is 8. The smallest absolute Gasteiger partial charge is 0.416 e. The second kappa shape index (κ2) is 12.0. The first-order valence-corrected chi connectivity index (χ1v) is 12.2. The summed E-state index contributed by atoms with van der Waals surface area (Å²) in [5.74, 6) is -3.81. The maximum Gasteiger partial charge on any atom is 0.416 e. The van der Waals surface area contributed by atoms with Crippen LogP contribution in [0.25, 0.3) is 10.9 Å². The highest BCUT2D eigenvalue weighted by Gasteiger charge is 2.32. The van der Waals surface area contributed by atoms with Gasteiger partial charge in [-0.1, -0.05) is 11.6 Å². The number of aromatic nitrogens is 2. The molecule has 17 heteroatoms. The van der Waals surface area contributed by atoms with Crippen LogP contribution < -0.4 is 21.3 Å². The topological polar surface area (TPSA) is 161 Å². The van der Waals surface area contributed by atoms with Crippen LogP contribution in [-0.4, -0.2) is 64.9 Å². The Morgan fingerprint density at radius 3 is 2.59 bits per heavy atom. The number of guanidine groups is 1. The molecule has 0 fully saturated rings. The number of aromatic amines is 1. The van der Waals surface area contributed by atoms with Crippen LogP contribution in [0.1, 0.15) is 33.9 Å². The van der Waals surface area contributed by atoms with E-state index < -0.39 is 60.7 Å². The number of amides is 2. The fourth-order valence-electron chi connectivity index (χ4n) is 3.98. The molecule has 2 unspecified atom stereocenters. The van der Waals surface area contributed by atoms with E-state index in [1.54, 1.807) is 0 Å². The van der Waals surface area contributed by atoms with Crippen molar-refractivity contribution in [1.82, 2.24) is 26.1 Å². The van der Waals surface area contributed by atoms with Gasteiger partial charge >= 0.3 is 12.1 Å². The number of nitrogens with zero attached hydrogens (tertiary/aromatic N) is 2. The molecule has 6 N–H and O–H groups in total. The number of hydrogen-bond acceptors (Lipinski definition) is 7. The number of hydrogen-bond donors (Lipinski definition) is 6. The number of alkyl halides is 4. The molecule has 1 aromatic heterocycles. The maximum absolute atomic E-state index is 14.3. The van der Waals surface area contributed by atoms with E-state index in [4.69, 9.17) is 11.6 Å². The third-order valence-electron chi connectivity index (χ3n) is 5.84. The van der Waals surface area contributed by atoms with Gasteiger partial charge in [0.2, 0.25) is 11.9 Å². The lowest BCUT2D eigenvalue weighted by atomic mass is 10.0. The summed E-state index contributed by atoms with van der Waals surface area (Å²) >= 11 is 5.79. The Morgan fingerprint density at radius 2 is 1.93 bits per heavy atom.